The summed E-state index contributed by atoms with van der Waals surface area (Å²) < 4.78 is 0. The lowest BCUT2D eigenvalue weighted by Crippen LogP contribution is -2.14. The van der Waals surface area contributed by atoms with E-state index in [4.69, 9.17) is 0 Å². The van der Waals surface area contributed by atoms with Crippen molar-refractivity contribution in [3.63, 3.8) is 0 Å². The summed E-state index contributed by atoms with van der Waals surface area (Å²) in [5.74, 6) is -0.277. The molecule has 0 aliphatic rings. The van der Waals surface area contributed by atoms with Gasteiger partial charge in [-0.2, -0.15) is 0 Å². The lowest BCUT2D eigenvalue weighted by molar-refractivity contribution is 0.102. The van der Waals surface area contributed by atoms with Crippen LogP contribution in [0.5, 0.6) is 0 Å². The Morgan fingerprint density at radius 3 is 2.59 bits per heavy atom. The summed E-state index contributed by atoms with van der Waals surface area (Å²) in [4.78, 5) is 19.6. The zero-order valence-corrected chi connectivity index (χ0v) is 9.34. The molecule has 0 saturated heterocycles. The summed E-state index contributed by atoms with van der Waals surface area (Å²) in [5.41, 5.74) is 1.86. The number of nitrogens with zero attached hydrogens (tertiary/aromatic N) is 2. The van der Waals surface area contributed by atoms with Crippen LogP contribution in [-0.4, -0.2) is 22.9 Å². The molecular formula is C12H12N4O. The first kappa shape index (κ1) is 11.1. The first-order valence-corrected chi connectivity index (χ1v) is 5.15. The Bertz CT molecular complexity index is 513. The molecule has 2 N–H and O–H groups in total. The average molecular weight is 228 g/mol. The minimum atomic E-state index is -0.277. The number of amides is 1. The van der Waals surface area contributed by atoms with Gasteiger partial charge in [0.15, 0.2) is 0 Å². The summed E-state index contributed by atoms with van der Waals surface area (Å²) >= 11 is 0. The standard InChI is InChI=1S/C12H12N4O/c1-13-9-4-2-3-5-10(9)16-12(17)11-8-14-6-7-15-11/h2-8,13H,1H3,(H,16,17). The molecule has 2 rings (SSSR count). The highest BCUT2D eigenvalue weighted by Crippen LogP contribution is 2.20. The molecule has 0 bridgehead atoms. The van der Waals surface area contributed by atoms with Gasteiger partial charge in [-0.3, -0.25) is 9.78 Å². The maximum Gasteiger partial charge on any atom is 0.275 e. The van der Waals surface area contributed by atoms with Gasteiger partial charge in [-0.1, -0.05) is 12.1 Å². The Kier molecular flexibility index (Phi) is 3.30. The third-order valence-corrected chi connectivity index (χ3v) is 2.24. The van der Waals surface area contributed by atoms with Gasteiger partial charge in [-0.25, -0.2) is 4.98 Å². The molecule has 86 valence electrons. The van der Waals surface area contributed by atoms with Crippen molar-refractivity contribution >= 4 is 17.3 Å². The van der Waals surface area contributed by atoms with Crippen molar-refractivity contribution in [2.75, 3.05) is 17.7 Å². The SMILES string of the molecule is CNc1ccccc1NC(=O)c1cnccn1. The van der Waals surface area contributed by atoms with Crippen LogP contribution in [0.3, 0.4) is 0 Å². The molecule has 0 aliphatic heterocycles. The van der Waals surface area contributed by atoms with Crippen LogP contribution in [0, 0.1) is 0 Å². The van der Waals surface area contributed by atoms with Crippen molar-refractivity contribution in [1.82, 2.24) is 9.97 Å². The molecule has 0 radical (unpaired) electrons. The minimum Gasteiger partial charge on any atom is -0.386 e. The van der Waals surface area contributed by atoms with E-state index in [1.807, 2.05) is 24.3 Å². The molecule has 1 amide bonds. The lowest BCUT2D eigenvalue weighted by Gasteiger charge is -2.09. The normalized spacial score (nSPS) is 9.71. The van der Waals surface area contributed by atoms with E-state index < -0.39 is 0 Å². The third kappa shape index (κ3) is 2.57. The van der Waals surface area contributed by atoms with Crippen LogP contribution < -0.4 is 10.6 Å². The molecule has 1 aromatic carbocycles. The zero-order chi connectivity index (χ0) is 12.1. The van der Waals surface area contributed by atoms with Crippen LogP contribution in [0.2, 0.25) is 0 Å². The molecule has 0 atom stereocenters. The van der Waals surface area contributed by atoms with Gasteiger partial charge in [0.1, 0.15) is 5.69 Å². The topological polar surface area (TPSA) is 66.9 Å². The average Bonchev–Trinajstić information content (AvgIpc) is 2.40. The first-order chi connectivity index (χ1) is 8.31. The smallest absolute Gasteiger partial charge is 0.275 e. The van der Waals surface area contributed by atoms with Gasteiger partial charge in [0.2, 0.25) is 0 Å². The summed E-state index contributed by atoms with van der Waals surface area (Å²) in [7, 11) is 1.80. The van der Waals surface area contributed by atoms with E-state index in [1.54, 1.807) is 7.05 Å². The largest absolute Gasteiger partial charge is 0.386 e. The van der Waals surface area contributed by atoms with Gasteiger partial charge < -0.3 is 10.6 Å². The summed E-state index contributed by atoms with van der Waals surface area (Å²) in [6.45, 7) is 0. The van der Waals surface area contributed by atoms with E-state index in [-0.39, 0.29) is 5.91 Å². The van der Waals surface area contributed by atoms with Crippen molar-refractivity contribution in [3.05, 3.63) is 48.5 Å². The predicted octanol–water partition coefficient (Wildman–Crippen LogP) is 1.77. The zero-order valence-electron chi connectivity index (χ0n) is 9.34. The molecule has 0 fully saturated rings. The van der Waals surface area contributed by atoms with Crippen molar-refractivity contribution in [3.8, 4) is 0 Å². The number of carbonyl (C=O) groups is 1. The molecule has 0 spiro atoms. The van der Waals surface area contributed by atoms with Crippen molar-refractivity contribution in [2.24, 2.45) is 0 Å². The molecule has 1 heterocycles. The number of para-hydroxylation sites is 2. The van der Waals surface area contributed by atoms with E-state index >= 15 is 0 Å². The number of benzene rings is 1. The van der Waals surface area contributed by atoms with E-state index in [9.17, 15) is 4.79 Å². The van der Waals surface area contributed by atoms with Gasteiger partial charge in [0, 0.05) is 19.4 Å². The van der Waals surface area contributed by atoms with Crippen LogP contribution in [0.1, 0.15) is 10.5 Å². The van der Waals surface area contributed by atoms with E-state index in [1.165, 1.54) is 18.6 Å². The van der Waals surface area contributed by atoms with Crippen molar-refractivity contribution in [1.29, 1.82) is 0 Å². The van der Waals surface area contributed by atoms with Crippen LogP contribution in [0.15, 0.2) is 42.9 Å². The molecule has 5 nitrogen and oxygen atoms in total. The second kappa shape index (κ2) is 5.07. The fourth-order valence-electron chi connectivity index (χ4n) is 1.41. The molecule has 17 heavy (non-hydrogen) atoms. The van der Waals surface area contributed by atoms with Gasteiger partial charge >= 0.3 is 0 Å². The maximum absolute atomic E-state index is 11.8. The number of rotatable bonds is 3. The molecule has 1 aromatic heterocycles. The first-order valence-electron chi connectivity index (χ1n) is 5.15. The van der Waals surface area contributed by atoms with Crippen LogP contribution in [0.4, 0.5) is 11.4 Å². The Morgan fingerprint density at radius 2 is 1.94 bits per heavy atom. The van der Waals surface area contributed by atoms with Crippen LogP contribution >= 0.6 is 0 Å². The molecule has 2 aromatic rings. The molecule has 5 heteroatoms. The minimum absolute atomic E-state index is 0.277. The molecular weight excluding hydrogens is 216 g/mol. The maximum atomic E-state index is 11.8. The predicted molar refractivity (Wildman–Crippen MR) is 66.0 cm³/mol. The lowest BCUT2D eigenvalue weighted by atomic mass is 10.2. The number of anilines is 2. The number of nitrogens with one attached hydrogen (secondary N) is 2. The quantitative estimate of drug-likeness (QED) is 0.840. The Hall–Kier alpha value is -2.43. The highest BCUT2D eigenvalue weighted by atomic mass is 16.1. The second-order valence-electron chi connectivity index (χ2n) is 3.34. The van der Waals surface area contributed by atoms with Crippen molar-refractivity contribution < 1.29 is 4.79 Å². The molecule has 0 saturated carbocycles. The fraction of sp³-hybridized carbons (Fsp3) is 0.0833. The monoisotopic (exact) mass is 228 g/mol. The van der Waals surface area contributed by atoms with Gasteiger partial charge in [-0.05, 0) is 12.1 Å². The highest BCUT2D eigenvalue weighted by Gasteiger charge is 2.08. The van der Waals surface area contributed by atoms with E-state index in [0.29, 0.717) is 11.4 Å². The Morgan fingerprint density at radius 1 is 1.18 bits per heavy atom. The van der Waals surface area contributed by atoms with Crippen LogP contribution in [-0.2, 0) is 0 Å². The Labute approximate surface area is 98.9 Å². The van der Waals surface area contributed by atoms with Crippen molar-refractivity contribution in [2.45, 2.75) is 0 Å². The number of hydrogen-bond donors (Lipinski definition) is 2. The fourth-order valence-corrected chi connectivity index (χ4v) is 1.41. The van der Waals surface area contributed by atoms with Gasteiger partial charge in [0.05, 0.1) is 17.6 Å². The highest BCUT2D eigenvalue weighted by molar-refractivity contribution is 6.04. The second-order valence-corrected chi connectivity index (χ2v) is 3.34. The molecule has 0 aliphatic carbocycles. The van der Waals surface area contributed by atoms with E-state index in [2.05, 4.69) is 20.6 Å². The summed E-state index contributed by atoms with van der Waals surface area (Å²) in [6, 6.07) is 7.45. The van der Waals surface area contributed by atoms with E-state index in [0.717, 1.165) is 5.69 Å². The van der Waals surface area contributed by atoms with Crippen LogP contribution in [0.25, 0.3) is 0 Å². The number of aromatic nitrogens is 2. The number of hydrogen-bond acceptors (Lipinski definition) is 4. The molecule has 0 unspecified atom stereocenters. The number of carbonyl (C=O) groups excluding carboxylic acids is 1. The van der Waals surface area contributed by atoms with Gasteiger partial charge in [0.25, 0.3) is 5.91 Å². The van der Waals surface area contributed by atoms with Gasteiger partial charge in [-0.15, -0.1) is 0 Å². The summed E-state index contributed by atoms with van der Waals surface area (Å²) in [5, 5.41) is 5.78. The third-order valence-electron chi connectivity index (χ3n) is 2.24. The Balaban J connectivity index is 2.19. The summed E-state index contributed by atoms with van der Waals surface area (Å²) in [6.07, 6.45) is 4.44.